The summed E-state index contributed by atoms with van der Waals surface area (Å²) in [5, 5.41) is 3.44. The number of nitrogens with one attached hydrogen (secondary N) is 1. The molecule has 2 atom stereocenters. The van der Waals surface area contributed by atoms with Gasteiger partial charge in [-0.15, -0.1) is 0 Å². The highest BCUT2D eigenvalue weighted by atomic mass is 16.5. The molecule has 0 aromatic heterocycles. The van der Waals surface area contributed by atoms with Crippen molar-refractivity contribution in [3.63, 3.8) is 0 Å². The highest BCUT2D eigenvalue weighted by molar-refractivity contribution is 5.82. The van der Waals surface area contributed by atoms with E-state index in [0.717, 1.165) is 32.8 Å². The number of ether oxygens (including phenoxy) is 1. The number of hydrogen-bond donors (Lipinski definition) is 1. The second-order valence-corrected chi connectivity index (χ2v) is 5.62. The maximum Gasteiger partial charge on any atom is 0.0955 e. The third-order valence-corrected chi connectivity index (χ3v) is 4.39. The number of aliphatic imine (C=N–C) groups is 1. The Labute approximate surface area is 120 Å². The highest BCUT2D eigenvalue weighted by Crippen LogP contribution is 2.28. The van der Waals surface area contributed by atoms with Gasteiger partial charge in [-0.05, 0) is 23.6 Å². The summed E-state index contributed by atoms with van der Waals surface area (Å²) in [5.74, 6) is 0. The molecule has 2 fully saturated rings. The van der Waals surface area contributed by atoms with E-state index in [0.29, 0.717) is 6.04 Å². The van der Waals surface area contributed by atoms with Crippen molar-refractivity contribution in [2.75, 3.05) is 39.8 Å². The van der Waals surface area contributed by atoms with E-state index < -0.39 is 0 Å². The van der Waals surface area contributed by atoms with Crippen molar-refractivity contribution >= 4 is 6.21 Å². The number of benzene rings is 1. The van der Waals surface area contributed by atoms with E-state index in [9.17, 15) is 0 Å². The number of rotatable bonds is 2. The average Bonchev–Trinajstić information content (AvgIpc) is 2.49. The molecule has 0 bridgehead atoms. The first kappa shape index (κ1) is 13.7. The molecule has 20 heavy (non-hydrogen) atoms. The van der Waals surface area contributed by atoms with E-state index in [1.165, 1.54) is 16.7 Å². The van der Waals surface area contributed by atoms with Gasteiger partial charge in [0.15, 0.2) is 0 Å². The molecule has 108 valence electrons. The summed E-state index contributed by atoms with van der Waals surface area (Å²) in [6.45, 7) is 7.25. The predicted octanol–water partition coefficient (Wildman–Crippen LogP) is 1.39. The summed E-state index contributed by atoms with van der Waals surface area (Å²) in [6.07, 6.45) is 2.12. The zero-order valence-corrected chi connectivity index (χ0v) is 12.3. The van der Waals surface area contributed by atoms with Crippen molar-refractivity contribution in [3.05, 3.63) is 34.9 Å². The summed E-state index contributed by atoms with van der Waals surface area (Å²) in [7, 11) is 1.81. The Hall–Kier alpha value is -1.23. The van der Waals surface area contributed by atoms with Gasteiger partial charge >= 0.3 is 0 Å². The topological polar surface area (TPSA) is 36.9 Å². The fourth-order valence-electron chi connectivity index (χ4n) is 3.19. The van der Waals surface area contributed by atoms with E-state index in [1.54, 1.807) is 0 Å². The van der Waals surface area contributed by atoms with Gasteiger partial charge in [-0.2, -0.15) is 0 Å². The lowest BCUT2D eigenvalue weighted by molar-refractivity contribution is -0.0719. The lowest BCUT2D eigenvalue weighted by Gasteiger charge is -2.43. The van der Waals surface area contributed by atoms with Crippen molar-refractivity contribution in [1.29, 1.82) is 0 Å². The number of nitrogens with zero attached hydrogens (tertiary/aromatic N) is 2. The van der Waals surface area contributed by atoms with Crippen LogP contribution in [0.15, 0.2) is 23.2 Å². The second kappa shape index (κ2) is 6.04. The van der Waals surface area contributed by atoms with Crippen LogP contribution >= 0.6 is 0 Å². The number of hydrogen-bond acceptors (Lipinski definition) is 4. The number of morpholine rings is 1. The molecule has 3 rings (SSSR count). The maximum atomic E-state index is 6.12. The van der Waals surface area contributed by atoms with Crippen LogP contribution in [0.4, 0.5) is 0 Å². The van der Waals surface area contributed by atoms with Gasteiger partial charge < -0.3 is 10.1 Å². The van der Waals surface area contributed by atoms with Crippen molar-refractivity contribution < 1.29 is 4.74 Å². The standard InChI is InChI=1S/C16H23N3O/c1-12-13(8-17-2)4-3-5-15(12)16-10-19-7-6-18-9-14(19)11-20-16/h3-5,8,14,16,18H,6-7,9-11H2,1-2H3/t14-,16+/m0/s1. The molecule has 0 amide bonds. The largest absolute Gasteiger partial charge is 0.370 e. The fraction of sp³-hybridized carbons (Fsp3) is 0.562. The molecule has 0 spiro atoms. The van der Waals surface area contributed by atoms with Crippen LogP contribution in [0, 0.1) is 6.92 Å². The predicted molar refractivity (Wildman–Crippen MR) is 81.6 cm³/mol. The van der Waals surface area contributed by atoms with Crippen molar-refractivity contribution in [1.82, 2.24) is 10.2 Å². The van der Waals surface area contributed by atoms with Gasteiger partial charge in [0.05, 0.1) is 12.7 Å². The van der Waals surface area contributed by atoms with E-state index in [-0.39, 0.29) is 6.10 Å². The zero-order chi connectivity index (χ0) is 13.9. The lowest BCUT2D eigenvalue weighted by Crippen LogP contribution is -2.57. The Balaban J connectivity index is 1.81. The van der Waals surface area contributed by atoms with Crippen molar-refractivity contribution in [2.45, 2.75) is 19.1 Å². The van der Waals surface area contributed by atoms with Gasteiger partial charge in [0.1, 0.15) is 0 Å². The monoisotopic (exact) mass is 273 g/mol. The molecule has 2 saturated heterocycles. The fourth-order valence-corrected chi connectivity index (χ4v) is 3.19. The molecule has 4 nitrogen and oxygen atoms in total. The van der Waals surface area contributed by atoms with Gasteiger partial charge in [-0.1, -0.05) is 18.2 Å². The molecule has 1 N–H and O–H groups in total. The van der Waals surface area contributed by atoms with Crippen LogP contribution in [0.2, 0.25) is 0 Å². The minimum Gasteiger partial charge on any atom is -0.370 e. The van der Waals surface area contributed by atoms with Crippen molar-refractivity contribution in [2.24, 2.45) is 4.99 Å². The zero-order valence-electron chi connectivity index (χ0n) is 12.3. The van der Waals surface area contributed by atoms with Crippen LogP contribution in [-0.2, 0) is 4.74 Å². The smallest absolute Gasteiger partial charge is 0.0955 e. The maximum absolute atomic E-state index is 6.12. The molecule has 4 heteroatoms. The average molecular weight is 273 g/mol. The quantitative estimate of drug-likeness (QED) is 0.827. The normalized spacial score (nSPS) is 27.7. The van der Waals surface area contributed by atoms with Crippen LogP contribution < -0.4 is 5.32 Å². The molecule has 2 aliphatic rings. The molecule has 1 aromatic rings. The minimum absolute atomic E-state index is 0.189. The Morgan fingerprint density at radius 2 is 2.35 bits per heavy atom. The number of piperazine rings is 1. The first-order valence-corrected chi connectivity index (χ1v) is 7.37. The molecule has 2 heterocycles. The van der Waals surface area contributed by atoms with E-state index in [2.05, 4.69) is 40.3 Å². The third kappa shape index (κ3) is 2.64. The van der Waals surface area contributed by atoms with Gasteiger partial charge in [0.2, 0.25) is 0 Å². The molecule has 0 aliphatic carbocycles. The molecular weight excluding hydrogens is 250 g/mol. The first-order chi connectivity index (χ1) is 9.79. The highest BCUT2D eigenvalue weighted by Gasteiger charge is 2.31. The summed E-state index contributed by atoms with van der Waals surface area (Å²) >= 11 is 0. The van der Waals surface area contributed by atoms with Crippen LogP contribution in [0.3, 0.4) is 0 Å². The second-order valence-electron chi connectivity index (χ2n) is 5.62. The third-order valence-electron chi connectivity index (χ3n) is 4.39. The van der Waals surface area contributed by atoms with Crippen LogP contribution in [0.25, 0.3) is 0 Å². The molecule has 0 radical (unpaired) electrons. The summed E-state index contributed by atoms with van der Waals surface area (Å²) in [6, 6.07) is 6.95. The number of fused-ring (bicyclic) bond motifs is 1. The van der Waals surface area contributed by atoms with E-state index in [4.69, 9.17) is 4.74 Å². The van der Waals surface area contributed by atoms with Crippen LogP contribution in [-0.4, -0.2) is 57.0 Å². The molecule has 2 aliphatic heterocycles. The Morgan fingerprint density at radius 3 is 3.20 bits per heavy atom. The van der Waals surface area contributed by atoms with E-state index >= 15 is 0 Å². The Bertz CT molecular complexity index is 500. The van der Waals surface area contributed by atoms with Crippen LogP contribution in [0.1, 0.15) is 22.8 Å². The molecule has 0 saturated carbocycles. The Kier molecular flexibility index (Phi) is 4.15. The lowest BCUT2D eigenvalue weighted by atomic mass is 9.96. The molecule has 1 aromatic carbocycles. The Morgan fingerprint density at radius 1 is 1.45 bits per heavy atom. The summed E-state index contributed by atoms with van der Waals surface area (Å²) < 4.78 is 6.12. The summed E-state index contributed by atoms with van der Waals surface area (Å²) in [4.78, 5) is 6.69. The summed E-state index contributed by atoms with van der Waals surface area (Å²) in [5.41, 5.74) is 3.78. The molecular formula is C16H23N3O. The van der Waals surface area contributed by atoms with Gasteiger partial charge in [0, 0.05) is 45.5 Å². The SMILES string of the molecule is CN=Cc1cccc([C@H]2CN3CCNC[C@H]3CO2)c1C. The minimum atomic E-state index is 0.189. The first-order valence-electron chi connectivity index (χ1n) is 7.37. The van der Waals surface area contributed by atoms with Crippen LogP contribution in [0.5, 0.6) is 0 Å². The molecule has 0 unspecified atom stereocenters. The van der Waals surface area contributed by atoms with Gasteiger partial charge in [0.25, 0.3) is 0 Å². The van der Waals surface area contributed by atoms with Gasteiger partial charge in [-0.3, -0.25) is 9.89 Å². The van der Waals surface area contributed by atoms with Crippen molar-refractivity contribution in [3.8, 4) is 0 Å². The van der Waals surface area contributed by atoms with Gasteiger partial charge in [-0.25, -0.2) is 0 Å². The van der Waals surface area contributed by atoms with E-state index in [1.807, 2.05) is 13.3 Å².